The summed E-state index contributed by atoms with van der Waals surface area (Å²) in [6.45, 7) is 1.95. The zero-order chi connectivity index (χ0) is 10.7. The molecule has 0 fully saturated rings. The molecule has 0 spiro atoms. The first-order valence-corrected chi connectivity index (χ1v) is 5.33. The van der Waals surface area contributed by atoms with Crippen molar-refractivity contribution in [3.8, 4) is 6.07 Å². The van der Waals surface area contributed by atoms with Gasteiger partial charge in [0, 0.05) is 14.2 Å². The molecule has 1 aromatic heterocycles. The van der Waals surface area contributed by atoms with Gasteiger partial charge in [0.25, 0.3) is 5.91 Å². The number of aryl methyl sites for hydroxylation is 1. The van der Waals surface area contributed by atoms with Crippen molar-refractivity contribution >= 4 is 39.2 Å². The molecule has 0 atom stereocenters. The molecule has 0 radical (unpaired) electrons. The molecule has 0 aliphatic rings. The highest BCUT2D eigenvalue weighted by Gasteiger charge is 2.06. The Kier molecular flexibility index (Phi) is 3.44. The summed E-state index contributed by atoms with van der Waals surface area (Å²) in [5, 5.41) is 8.61. The Labute approximate surface area is 94.0 Å². The van der Waals surface area contributed by atoms with Crippen molar-refractivity contribution in [3.63, 3.8) is 0 Å². The van der Waals surface area contributed by atoms with Crippen LogP contribution in [0.1, 0.15) is 9.75 Å². The highest BCUT2D eigenvalue weighted by Crippen LogP contribution is 2.27. The fourth-order valence-corrected chi connectivity index (χ4v) is 2.36. The monoisotopic (exact) mass is 270 g/mol. The van der Waals surface area contributed by atoms with Crippen LogP contribution in [0.5, 0.6) is 0 Å². The summed E-state index contributed by atoms with van der Waals surface area (Å²) in [5.74, 6) is -0.699. The van der Waals surface area contributed by atoms with Gasteiger partial charge in [-0.15, -0.1) is 11.3 Å². The molecule has 0 aliphatic carbocycles. The lowest BCUT2D eigenvalue weighted by atomic mass is 10.2. The molecule has 1 heterocycles. The summed E-state index contributed by atoms with van der Waals surface area (Å²) < 4.78 is 0.968. The number of nitriles is 1. The highest BCUT2D eigenvalue weighted by atomic mass is 79.9. The minimum absolute atomic E-state index is 0.0289. The van der Waals surface area contributed by atoms with Crippen molar-refractivity contribution < 1.29 is 4.79 Å². The first-order chi connectivity index (χ1) is 6.54. The molecule has 0 saturated heterocycles. The fraction of sp³-hybridized carbons (Fsp3) is 0.111. The molecule has 1 amide bonds. The molecule has 72 valence electrons. The van der Waals surface area contributed by atoms with Gasteiger partial charge in [-0.2, -0.15) is 5.26 Å². The number of rotatable bonds is 2. The van der Waals surface area contributed by atoms with Crippen molar-refractivity contribution in [1.29, 1.82) is 5.26 Å². The number of hydrogen-bond acceptors (Lipinski definition) is 3. The van der Waals surface area contributed by atoms with E-state index in [-0.39, 0.29) is 5.57 Å². The maximum absolute atomic E-state index is 10.8. The summed E-state index contributed by atoms with van der Waals surface area (Å²) in [4.78, 5) is 12.7. The van der Waals surface area contributed by atoms with Crippen LogP contribution in [0, 0.1) is 18.3 Å². The SMILES string of the molecule is Cc1sc(/C=C(/C#N)C(N)=O)cc1Br. The number of halogens is 1. The number of nitrogens with zero attached hydrogens (tertiary/aromatic N) is 1. The Balaban J connectivity index is 3.08. The number of amides is 1. The maximum atomic E-state index is 10.8. The third-order valence-corrected chi connectivity index (χ3v) is 3.63. The second-order valence-corrected chi connectivity index (χ2v) is 4.73. The minimum atomic E-state index is -0.699. The van der Waals surface area contributed by atoms with Gasteiger partial charge in [-0.1, -0.05) is 0 Å². The molecule has 0 aliphatic heterocycles. The summed E-state index contributed by atoms with van der Waals surface area (Å²) >= 11 is 4.84. The van der Waals surface area contributed by atoms with E-state index in [2.05, 4.69) is 15.9 Å². The van der Waals surface area contributed by atoms with Gasteiger partial charge < -0.3 is 5.73 Å². The maximum Gasteiger partial charge on any atom is 0.259 e. The van der Waals surface area contributed by atoms with E-state index >= 15 is 0 Å². The van der Waals surface area contributed by atoms with Gasteiger partial charge in [-0.05, 0) is 35.0 Å². The number of thiophene rings is 1. The number of carbonyl (C=O) groups is 1. The van der Waals surface area contributed by atoms with Crippen LogP contribution in [-0.4, -0.2) is 5.91 Å². The summed E-state index contributed by atoms with van der Waals surface area (Å²) in [7, 11) is 0. The van der Waals surface area contributed by atoms with E-state index in [4.69, 9.17) is 11.0 Å². The molecular formula is C9H7BrN2OS. The van der Waals surface area contributed by atoms with Crippen LogP contribution in [0.2, 0.25) is 0 Å². The summed E-state index contributed by atoms with van der Waals surface area (Å²) in [5.41, 5.74) is 4.97. The minimum Gasteiger partial charge on any atom is -0.365 e. The molecule has 14 heavy (non-hydrogen) atoms. The zero-order valence-electron chi connectivity index (χ0n) is 7.37. The smallest absolute Gasteiger partial charge is 0.259 e. The van der Waals surface area contributed by atoms with Crippen LogP contribution in [0.3, 0.4) is 0 Å². The number of nitrogens with two attached hydrogens (primary N) is 1. The van der Waals surface area contributed by atoms with Gasteiger partial charge in [-0.3, -0.25) is 4.79 Å². The molecule has 0 unspecified atom stereocenters. The fourth-order valence-electron chi connectivity index (χ4n) is 0.853. The lowest BCUT2D eigenvalue weighted by Gasteiger charge is -1.88. The number of carbonyl (C=O) groups excluding carboxylic acids is 1. The first kappa shape index (κ1) is 11.0. The van der Waals surface area contributed by atoms with E-state index in [1.54, 1.807) is 6.07 Å². The van der Waals surface area contributed by atoms with Crippen molar-refractivity contribution in [2.75, 3.05) is 0 Å². The molecule has 3 nitrogen and oxygen atoms in total. The Morgan fingerprint density at radius 3 is 2.79 bits per heavy atom. The van der Waals surface area contributed by atoms with Crippen LogP contribution in [0.4, 0.5) is 0 Å². The third-order valence-electron chi connectivity index (χ3n) is 1.55. The molecular weight excluding hydrogens is 264 g/mol. The molecule has 0 saturated carbocycles. The van der Waals surface area contributed by atoms with Crippen molar-refractivity contribution in [1.82, 2.24) is 0 Å². The summed E-state index contributed by atoms with van der Waals surface area (Å²) in [6.07, 6.45) is 1.49. The van der Waals surface area contributed by atoms with E-state index < -0.39 is 5.91 Å². The average molecular weight is 271 g/mol. The Hall–Kier alpha value is -1.12. The van der Waals surface area contributed by atoms with Crippen molar-refractivity contribution in [2.45, 2.75) is 6.92 Å². The number of hydrogen-bond donors (Lipinski definition) is 1. The standard InChI is InChI=1S/C9H7BrN2OS/c1-5-8(10)3-7(14-5)2-6(4-11)9(12)13/h2-3H,1H3,(H2,12,13)/b6-2-. The quantitative estimate of drug-likeness (QED) is 0.662. The van der Waals surface area contributed by atoms with Gasteiger partial charge in [0.1, 0.15) is 11.6 Å². The number of primary amides is 1. The topological polar surface area (TPSA) is 66.9 Å². The molecule has 1 rings (SSSR count). The zero-order valence-corrected chi connectivity index (χ0v) is 9.78. The van der Waals surface area contributed by atoms with Crippen molar-refractivity contribution in [2.24, 2.45) is 5.73 Å². The Morgan fingerprint density at radius 1 is 1.79 bits per heavy atom. The lowest BCUT2D eigenvalue weighted by molar-refractivity contribution is -0.114. The van der Waals surface area contributed by atoms with Gasteiger partial charge in [0.05, 0.1) is 0 Å². The third kappa shape index (κ3) is 2.44. The molecule has 0 aromatic carbocycles. The predicted molar refractivity (Wildman–Crippen MR) is 59.5 cm³/mol. The van der Waals surface area contributed by atoms with Crippen LogP contribution in [0.25, 0.3) is 6.08 Å². The van der Waals surface area contributed by atoms with Crippen molar-refractivity contribution in [3.05, 3.63) is 25.9 Å². The van der Waals surface area contributed by atoms with Gasteiger partial charge in [0.15, 0.2) is 0 Å². The second kappa shape index (κ2) is 4.40. The van der Waals surface area contributed by atoms with Gasteiger partial charge in [-0.25, -0.2) is 0 Å². The largest absolute Gasteiger partial charge is 0.365 e. The molecule has 1 aromatic rings. The van der Waals surface area contributed by atoms with Gasteiger partial charge in [0.2, 0.25) is 0 Å². The van der Waals surface area contributed by atoms with Crippen LogP contribution < -0.4 is 5.73 Å². The Bertz CT molecular complexity index is 423. The molecule has 0 bridgehead atoms. The summed E-state index contributed by atoms with van der Waals surface area (Å²) in [6, 6.07) is 3.60. The average Bonchev–Trinajstić information content (AvgIpc) is 2.41. The second-order valence-electron chi connectivity index (χ2n) is 2.59. The van der Waals surface area contributed by atoms with Crippen LogP contribution in [-0.2, 0) is 4.79 Å². The van der Waals surface area contributed by atoms with E-state index in [0.717, 1.165) is 14.2 Å². The molecule has 5 heteroatoms. The van der Waals surface area contributed by atoms with E-state index in [1.807, 2.05) is 13.0 Å². The van der Waals surface area contributed by atoms with Crippen LogP contribution in [0.15, 0.2) is 16.1 Å². The molecule has 2 N–H and O–H groups in total. The van der Waals surface area contributed by atoms with E-state index in [1.165, 1.54) is 17.4 Å². The predicted octanol–water partition coefficient (Wildman–Crippen LogP) is 2.21. The first-order valence-electron chi connectivity index (χ1n) is 3.72. The van der Waals surface area contributed by atoms with E-state index in [9.17, 15) is 4.79 Å². The van der Waals surface area contributed by atoms with Gasteiger partial charge >= 0.3 is 0 Å². The van der Waals surface area contributed by atoms with E-state index in [0.29, 0.717) is 0 Å². The lowest BCUT2D eigenvalue weighted by Crippen LogP contribution is -2.12. The van der Waals surface area contributed by atoms with Crippen LogP contribution >= 0.6 is 27.3 Å². The normalized spacial score (nSPS) is 11.1. The Morgan fingerprint density at radius 2 is 2.43 bits per heavy atom. The highest BCUT2D eigenvalue weighted by molar-refractivity contribution is 9.10.